The molecule has 3 nitrogen and oxygen atoms in total. The van der Waals surface area contributed by atoms with Gasteiger partial charge in [0.1, 0.15) is 0 Å². The SMILES string of the molecule is [NH]C(=O)OC(c1ccccc1)(c1ccccc1)c1ccccc1. The molecule has 113 valence electrons. The summed E-state index contributed by atoms with van der Waals surface area (Å²) in [5.41, 5.74) is 8.69. The summed E-state index contributed by atoms with van der Waals surface area (Å²) in [5, 5.41) is 0. The predicted octanol–water partition coefficient (Wildman–Crippen LogP) is 4.40. The number of hydrogen-bond donors (Lipinski definition) is 0. The van der Waals surface area contributed by atoms with Gasteiger partial charge in [-0.2, -0.15) is 0 Å². The zero-order chi connectivity index (χ0) is 16.1. The summed E-state index contributed by atoms with van der Waals surface area (Å²) in [7, 11) is 0. The molecule has 3 rings (SSSR count). The van der Waals surface area contributed by atoms with Gasteiger partial charge in [0.15, 0.2) is 5.60 Å². The van der Waals surface area contributed by atoms with Crippen molar-refractivity contribution in [3.8, 4) is 0 Å². The highest BCUT2D eigenvalue weighted by Crippen LogP contribution is 2.40. The van der Waals surface area contributed by atoms with Crippen LogP contribution in [0.5, 0.6) is 0 Å². The molecule has 3 aromatic rings. The van der Waals surface area contributed by atoms with Crippen molar-refractivity contribution in [3.63, 3.8) is 0 Å². The van der Waals surface area contributed by atoms with Crippen LogP contribution < -0.4 is 5.73 Å². The molecule has 0 bridgehead atoms. The Balaban J connectivity index is 2.32. The van der Waals surface area contributed by atoms with Crippen molar-refractivity contribution in [1.82, 2.24) is 5.73 Å². The highest BCUT2D eigenvalue weighted by molar-refractivity contribution is 5.67. The van der Waals surface area contributed by atoms with Crippen molar-refractivity contribution in [1.29, 1.82) is 0 Å². The van der Waals surface area contributed by atoms with E-state index in [4.69, 9.17) is 10.5 Å². The molecular formula is C20H16NO2. The predicted molar refractivity (Wildman–Crippen MR) is 88.8 cm³/mol. The summed E-state index contributed by atoms with van der Waals surface area (Å²) in [5.74, 6) is 0. The van der Waals surface area contributed by atoms with E-state index in [0.717, 1.165) is 16.7 Å². The van der Waals surface area contributed by atoms with E-state index in [1.165, 1.54) is 0 Å². The normalized spacial score (nSPS) is 11.0. The minimum atomic E-state index is -1.14. The van der Waals surface area contributed by atoms with Crippen LogP contribution in [0.1, 0.15) is 16.7 Å². The molecule has 0 aliphatic heterocycles. The molecule has 0 saturated heterocycles. The second kappa shape index (κ2) is 6.36. The zero-order valence-electron chi connectivity index (χ0n) is 12.5. The molecule has 23 heavy (non-hydrogen) atoms. The third-order valence-corrected chi connectivity index (χ3v) is 3.79. The third-order valence-electron chi connectivity index (χ3n) is 3.79. The van der Waals surface area contributed by atoms with Gasteiger partial charge < -0.3 is 4.74 Å². The van der Waals surface area contributed by atoms with Crippen LogP contribution in [0.15, 0.2) is 91.0 Å². The van der Waals surface area contributed by atoms with Crippen LogP contribution in [0, 0.1) is 0 Å². The van der Waals surface area contributed by atoms with Gasteiger partial charge in [0.25, 0.3) is 0 Å². The Morgan fingerprint density at radius 3 is 1.22 bits per heavy atom. The van der Waals surface area contributed by atoms with Crippen LogP contribution in [0.4, 0.5) is 4.79 Å². The van der Waals surface area contributed by atoms with Crippen LogP contribution in [0.25, 0.3) is 0 Å². The molecule has 0 aliphatic rings. The number of ether oxygens (including phenoxy) is 1. The monoisotopic (exact) mass is 302 g/mol. The summed E-state index contributed by atoms with van der Waals surface area (Å²) >= 11 is 0. The van der Waals surface area contributed by atoms with Crippen molar-refractivity contribution in [2.45, 2.75) is 5.60 Å². The molecule has 3 aromatic carbocycles. The first-order valence-electron chi connectivity index (χ1n) is 7.34. The molecule has 0 aromatic heterocycles. The highest BCUT2D eigenvalue weighted by Gasteiger charge is 2.40. The maximum atomic E-state index is 11.6. The van der Waals surface area contributed by atoms with E-state index in [1.807, 2.05) is 91.0 Å². The topological polar surface area (TPSA) is 50.1 Å². The Kier molecular flexibility index (Phi) is 4.11. The number of hydrogen-bond acceptors (Lipinski definition) is 2. The number of amides is 1. The fourth-order valence-electron chi connectivity index (χ4n) is 2.83. The molecular weight excluding hydrogens is 286 g/mol. The molecule has 1 amide bonds. The second-order valence-electron chi connectivity index (χ2n) is 5.17. The average molecular weight is 302 g/mol. The minimum Gasteiger partial charge on any atom is -0.427 e. The fourth-order valence-corrected chi connectivity index (χ4v) is 2.83. The Morgan fingerprint density at radius 2 is 0.957 bits per heavy atom. The second-order valence-corrected chi connectivity index (χ2v) is 5.17. The lowest BCUT2D eigenvalue weighted by molar-refractivity contribution is 0.0733. The smallest absolute Gasteiger partial charge is 0.427 e. The summed E-state index contributed by atoms with van der Waals surface area (Å²) < 4.78 is 5.62. The van der Waals surface area contributed by atoms with E-state index < -0.39 is 11.7 Å². The lowest BCUT2D eigenvalue weighted by Gasteiger charge is -2.34. The molecule has 0 unspecified atom stereocenters. The molecule has 0 saturated carbocycles. The van der Waals surface area contributed by atoms with Crippen molar-refractivity contribution >= 4 is 6.09 Å². The van der Waals surface area contributed by atoms with E-state index in [0.29, 0.717) is 0 Å². The van der Waals surface area contributed by atoms with E-state index >= 15 is 0 Å². The van der Waals surface area contributed by atoms with Crippen molar-refractivity contribution in [3.05, 3.63) is 108 Å². The first-order valence-corrected chi connectivity index (χ1v) is 7.34. The molecule has 0 atom stereocenters. The number of rotatable bonds is 4. The van der Waals surface area contributed by atoms with Crippen LogP contribution >= 0.6 is 0 Å². The summed E-state index contributed by atoms with van der Waals surface area (Å²) in [4.78, 5) is 11.6. The molecule has 0 heterocycles. The molecule has 0 spiro atoms. The maximum absolute atomic E-state index is 11.6. The molecule has 3 heteroatoms. The summed E-state index contributed by atoms with van der Waals surface area (Å²) in [6.07, 6.45) is -1.07. The largest absolute Gasteiger partial charge is 0.427 e. The van der Waals surface area contributed by atoms with Gasteiger partial charge >= 0.3 is 6.09 Å². The van der Waals surface area contributed by atoms with Gasteiger partial charge in [-0.05, 0) is 0 Å². The third kappa shape index (κ3) is 2.81. The van der Waals surface area contributed by atoms with Crippen molar-refractivity contribution < 1.29 is 9.53 Å². The van der Waals surface area contributed by atoms with Gasteiger partial charge in [-0.25, -0.2) is 10.5 Å². The van der Waals surface area contributed by atoms with E-state index in [9.17, 15) is 4.79 Å². The van der Waals surface area contributed by atoms with Crippen molar-refractivity contribution in [2.24, 2.45) is 0 Å². The van der Waals surface area contributed by atoms with Gasteiger partial charge in [-0.1, -0.05) is 91.0 Å². The fraction of sp³-hybridized carbons (Fsp3) is 0.0500. The maximum Gasteiger partial charge on any atom is 0.427 e. The zero-order valence-corrected chi connectivity index (χ0v) is 12.5. The Morgan fingerprint density at radius 1 is 0.652 bits per heavy atom. The lowest BCUT2D eigenvalue weighted by Crippen LogP contribution is -2.35. The number of carbonyl (C=O) groups is 1. The molecule has 1 radical (unpaired) electrons. The average Bonchev–Trinajstić information content (AvgIpc) is 2.62. The van der Waals surface area contributed by atoms with Crippen LogP contribution in [-0.2, 0) is 10.3 Å². The summed E-state index contributed by atoms with van der Waals surface area (Å²) in [6, 6.07) is 28.5. The number of nitrogens with one attached hydrogen (secondary N) is 1. The van der Waals surface area contributed by atoms with Gasteiger partial charge in [0.05, 0.1) is 0 Å². The van der Waals surface area contributed by atoms with Crippen LogP contribution in [-0.4, -0.2) is 6.09 Å². The quantitative estimate of drug-likeness (QED) is 0.671. The van der Waals surface area contributed by atoms with E-state index in [-0.39, 0.29) is 0 Å². The molecule has 1 N–H and O–H groups in total. The van der Waals surface area contributed by atoms with E-state index in [1.54, 1.807) is 0 Å². The first-order chi connectivity index (χ1) is 11.2. The van der Waals surface area contributed by atoms with Crippen molar-refractivity contribution in [2.75, 3.05) is 0 Å². The van der Waals surface area contributed by atoms with Gasteiger partial charge in [-0.3, -0.25) is 0 Å². The first kappa shape index (κ1) is 14.9. The minimum absolute atomic E-state index is 0.804. The standard InChI is InChI=1S/C20H16NO2/c21-19(22)23-20(16-10-4-1-5-11-16,17-12-6-2-7-13-17)18-14-8-3-9-15-18/h1-15,21H. The van der Waals surface area contributed by atoms with Gasteiger partial charge in [0.2, 0.25) is 0 Å². The summed E-state index contributed by atoms with van der Waals surface area (Å²) in [6.45, 7) is 0. The highest BCUT2D eigenvalue weighted by atomic mass is 16.6. The van der Waals surface area contributed by atoms with Gasteiger partial charge in [0, 0.05) is 16.7 Å². The van der Waals surface area contributed by atoms with Crippen LogP contribution in [0.3, 0.4) is 0 Å². The number of benzene rings is 3. The Hall–Kier alpha value is -3.07. The Labute approximate surface area is 135 Å². The lowest BCUT2D eigenvalue weighted by atomic mass is 9.80. The number of carbonyl (C=O) groups excluding carboxylic acids is 1. The van der Waals surface area contributed by atoms with Crippen LogP contribution in [0.2, 0.25) is 0 Å². The molecule has 0 fully saturated rings. The van der Waals surface area contributed by atoms with E-state index in [2.05, 4.69) is 0 Å². The van der Waals surface area contributed by atoms with Gasteiger partial charge in [-0.15, -0.1) is 0 Å². The molecule has 0 aliphatic carbocycles. The Bertz CT molecular complexity index is 674.